The van der Waals surface area contributed by atoms with Crippen LogP contribution in [0.3, 0.4) is 0 Å². The molecule has 0 saturated heterocycles. The maximum absolute atomic E-state index is 12.3. The van der Waals surface area contributed by atoms with Gasteiger partial charge < -0.3 is 9.88 Å². The van der Waals surface area contributed by atoms with E-state index in [1.807, 2.05) is 18.2 Å². The molecule has 4 heteroatoms. The monoisotopic (exact) mass is 246 g/mol. The fourth-order valence-corrected chi connectivity index (χ4v) is 2.35. The van der Waals surface area contributed by atoms with E-state index in [-0.39, 0.29) is 5.91 Å². The number of para-hydroxylation sites is 1. The Morgan fingerprint density at radius 2 is 2.18 bits per heavy atom. The lowest BCUT2D eigenvalue weighted by Crippen LogP contribution is -2.29. The molecule has 17 heavy (non-hydrogen) atoms. The second-order valence-corrected chi connectivity index (χ2v) is 4.50. The molecule has 0 spiro atoms. The molecule has 1 amide bonds. The molecule has 0 fully saturated rings. The number of nitrogens with zero attached hydrogens (tertiary/aromatic N) is 1. The number of nitrogens with one attached hydrogen (secondary N) is 1. The third kappa shape index (κ3) is 1.72. The van der Waals surface area contributed by atoms with Crippen molar-refractivity contribution in [2.75, 3.05) is 11.4 Å². The van der Waals surface area contributed by atoms with E-state index in [0.717, 1.165) is 18.7 Å². The molecule has 1 N–H and O–H groups in total. The molecule has 3 rings (SSSR count). The second-order valence-electron chi connectivity index (χ2n) is 4.07. The number of halogens is 1. The Morgan fingerprint density at radius 3 is 2.94 bits per heavy atom. The van der Waals surface area contributed by atoms with E-state index in [2.05, 4.69) is 11.1 Å². The van der Waals surface area contributed by atoms with E-state index < -0.39 is 0 Å². The number of hydrogen-bond donors (Lipinski definition) is 1. The van der Waals surface area contributed by atoms with Gasteiger partial charge in [-0.25, -0.2) is 0 Å². The zero-order valence-electron chi connectivity index (χ0n) is 9.11. The fraction of sp³-hybridized carbons (Fsp3) is 0.154. The average molecular weight is 247 g/mol. The number of carbonyl (C=O) groups is 1. The first kappa shape index (κ1) is 10.4. The van der Waals surface area contributed by atoms with Crippen LogP contribution in [0.5, 0.6) is 0 Å². The second kappa shape index (κ2) is 3.93. The smallest absolute Gasteiger partial charge is 0.274 e. The molecular formula is C13H11ClN2O. The Morgan fingerprint density at radius 1 is 1.35 bits per heavy atom. The quantitative estimate of drug-likeness (QED) is 0.825. The fourth-order valence-electron chi connectivity index (χ4n) is 2.19. The number of hydrogen-bond acceptors (Lipinski definition) is 1. The number of carbonyl (C=O) groups excluding carboxylic acids is 1. The van der Waals surface area contributed by atoms with Crippen molar-refractivity contribution in [3.8, 4) is 0 Å². The van der Waals surface area contributed by atoms with Crippen LogP contribution in [0, 0.1) is 0 Å². The van der Waals surface area contributed by atoms with Crippen LogP contribution in [0.4, 0.5) is 5.69 Å². The first-order valence-corrected chi connectivity index (χ1v) is 5.87. The first-order valence-electron chi connectivity index (χ1n) is 5.49. The summed E-state index contributed by atoms with van der Waals surface area (Å²) in [5, 5.41) is 0.556. The van der Waals surface area contributed by atoms with E-state index in [4.69, 9.17) is 11.6 Å². The summed E-state index contributed by atoms with van der Waals surface area (Å²) >= 11 is 5.81. The lowest BCUT2D eigenvalue weighted by Gasteiger charge is -2.16. The van der Waals surface area contributed by atoms with Gasteiger partial charge in [-0.05, 0) is 24.1 Å². The van der Waals surface area contributed by atoms with Gasteiger partial charge in [0.1, 0.15) is 5.69 Å². The van der Waals surface area contributed by atoms with Gasteiger partial charge in [-0.15, -0.1) is 0 Å². The van der Waals surface area contributed by atoms with Crippen molar-refractivity contribution >= 4 is 23.2 Å². The van der Waals surface area contributed by atoms with Gasteiger partial charge in [0.05, 0.1) is 5.02 Å². The van der Waals surface area contributed by atoms with Crippen LogP contribution in [-0.4, -0.2) is 17.4 Å². The summed E-state index contributed by atoms with van der Waals surface area (Å²) in [5.41, 5.74) is 2.76. The molecule has 0 unspecified atom stereocenters. The van der Waals surface area contributed by atoms with Crippen molar-refractivity contribution in [1.82, 2.24) is 4.98 Å². The van der Waals surface area contributed by atoms with Crippen LogP contribution in [-0.2, 0) is 6.42 Å². The van der Waals surface area contributed by atoms with Crippen molar-refractivity contribution in [2.24, 2.45) is 0 Å². The highest BCUT2D eigenvalue weighted by Crippen LogP contribution is 2.28. The molecule has 2 aromatic rings. The van der Waals surface area contributed by atoms with E-state index in [0.29, 0.717) is 10.7 Å². The van der Waals surface area contributed by atoms with E-state index >= 15 is 0 Å². The Kier molecular flexibility index (Phi) is 2.41. The van der Waals surface area contributed by atoms with Gasteiger partial charge in [0.15, 0.2) is 0 Å². The zero-order valence-corrected chi connectivity index (χ0v) is 9.87. The Bertz CT molecular complexity index is 576. The Hall–Kier alpha value is -1.74. The molecule has 0 atom stereocenters. The Balaban J connectivity index is 1.95. The molecule has 0 radical (unpaired) electrons. The summed E-state index contributed by atoms with van der Waals surface area (Å²) < 4.78 is 0. The molecule has 1 aliphatic heterocycles. The van der Waals surface area contributed by atoms with Crippen molar-refractivity contribution < 1.29 is 4.79 Å². The van der Waals surface area contributed by atoms with Crippen molar-refractivity contribution in [3.05, 3.63) is 52.8 Å². The number of aromatic nitrogens is 1. The summed E-state index contributed by atoms with van der Waals surface area (Å²) in [6, 6.07) is 9.64. The number of H-pyrrole nitrogens is 1. The molecular weight excluding hydrogens is 236 g/mol. The van der Waals surface area contributed by atoms with Gasteiger partial charge >= 0.3 is 0 Å². The number of fused-ring (bicyclic) bond motifs is 1. The highest BCUT2D eigenvalue weighted by atomic mass is 35.5. The number of rotatable bonds is 1. The van der Waals surface area contributed by atoms with Crippen LogP contribution in [0.2, 0.25) is 5.02 Å². The van der Waals surface area contributed by atoms with Gasteiger partial charge in [0.2, 0.25) is 0 Å². The summed E-state index contributed by atoms with van der Waals surface area (Å²) in [5.74, 6) is -0.0261. The molecule has 0 aliphatic carbocycles. The van der Waals surface area contributed by atoms with Crippen molar-refractivity contribution in [2.45, 2.75) is 6.42 Å². The van der Waals surface area contributed by atoms with E-state index in [9.17, 15) is 4.79 Å². The van der Waals surface area contributed by atoms with Crippen LogP contribution < -0.4 is 4.90 Å². The third-order valence-corrected chi connectivity index (χ3v) is 3.23. The first-order chi connectivity index (χ1) is 8.25. The summed E-state index contributed by atoms with van der Waals surface area (Å²) in [6.45, 7) is 0.731. The summed E-state index contributed by atoms with van der Waals surface area (Å²) in [7, 11) is 0. The predicted molar refractivity (Wildman–Crippen MR) is 67.6 cm³/mol. The van der Waals surface area contributed by atoms with Crippen LogP contribution in [0.25, 0.3) is 0 Å². The molecule has 1 aliphatic rings. The van der Waals surface area contributed by atoms with Crippen LogP contribution in [0.1, 0.15) is 16.1 Å². The lowest BCUT2D eigenvalue weighted by atomic mass is 10.2. The lowest BCUT2D eigenvalue weighted by molar-refractivity contribution is 0.0985. The van der Waals surface area contributed by atoms with Crippen molar-refractivity contribution in [1.29, 1.82) is 0 Å². The SMILES string of the molecule is O=C(c1cc(Cl)c[nH]1)N1CCc2ccccc21. The molecule has 86 valence electrons. The van der Waals surface area contributed by atoms with Gasteiger partial charge in [-0.1, -0.05) is 29.8 Å². The predicted octanol–water partition coefficient (Wildman–Crippen LogP) is 2.87. The average Bonchev–Trinajstić information content (AvgIpc) is 2.94. The molecule has 1 aromatic carbocycles. The number of anilines is 1. The highest BCUT2D eigenvalue weighted by molar-refractivity contribution is 6.31. The highest BCUT2D eigenvalue weighted by Gasteiger charge is 2.25. The minimum Gasteiger partial charge on any atom is -0.356 e. The largest absolute Gasteiger partial charge is 0.356 e. The van der Waals surface area contributed by atoms with Gasteiger partial charge in [0.25, 0.3) is 5.91 Å². The Labute approximate surface area is 104 Å². The van der Waals surface area contributed by atoms with Gasteiger partial charge in [-0.3, -0.25) is 4.79 Å². The maximum Gasteiger partial charge on any atom is 0.274 e. The molecule has 2 heterocycles. The van der Waals surface area contributed by atoms with Crippen LogP contribution >= 0.6 is 11.6 Å². The summed E-state index contributed by atoms with van der Waals surface area (Å²) in [6.07, 6.45) is 2.53. The molecule has 1 aromatic heterocycles. The third-order valence-electron chi connectivity index (χ3n) is 3.01. The minimum atomic E-state index is -0.0261. The van der Waals surface area contributed by atoms with Crippen molar-refractivity contribution in [3.63, 3.8) is 0 Å². The maximum atomic E-state index is 12.3. The molecule has 3 nitrogen and oxygen atoms in total. The zero-order chi connectivity index (χ0) is 11.8. The molecule has 0 bridgehead atoms. The van der Waals surface area contributed by atoms with Gasteiger partial charge in [-0.2, -0.15) is 0 Å². The summed E-state index contributed by atoms with van der Waals surface area (Å²) in [4.78, 5) is 16.9. The van der Waals surface area contributed by atoms with Gasteiger partial charge in [0, 0.05) is 18.4 Å². The standard InChI is InChI=1S/C13H11ClN2O/c14-10-7-11(15-8-10)13(17)16-6-5-9-3-1-2-4-12(9)16/h1-4,7-8,15H,5-6H2. The number of amides is 1. The molecule has 0 saturated carbocycles. The van der Waals surface area contributed by atoms with E-state index in [1.54, 1.807) is 17.2 Å². The topological polar surface area (TPSA) is 36.1 Å². The van der Waals surface area contributed by atoms with E-state index in [1.165, 1.54) is 5.56 Å². The minimum absolute atomic E-state index is 0.0261. The number of benzene rings is 1. The normalized spacial score (nSPS) is 13.8. The van der Waals surface area contributed by atoms with Crippen LogP contribution in [0.15, 0.2) is 36.5 Å². The number of aromatic amines is 1.